The van der Waals surface area contributed by atoms with E-state index in [9.17, 15) is 13.2 Å². The molecule has 2 aliphatic heterocycles. The summed E-state index contributed by atoms with van der Waals surface area (Å²) >= 11 is 0. The summed E-state index contributed by atoms with van der Waals surface area (Å²) in [5, 5.41) is 2.96. The minimum absolute atomic E-state index is 0.134. The molecule has 0 saturated carbocycles. The van der Waals surface area contributed by atoms with Crippen LogP contribution in [0.15, 0.2) is 24.3 Å². The summed E-state index contributed by atoms with van der Waals surface area (Å²) in [6, 6.07) is 7.64. The molecule has 3 rings (SSSR count). The number of nitrogens with zero attached hydrogens (tertiary/aromatic N) is 2. The lowest BCUT2D eigenvalue weighted by atomic mass is 10.1. The lowest BCUT2D eigenvalue weighted by Gasteiger charge is -2.36. The van der Waals surface area contributed by atoms with Gasteiger partial charge in [0.1, 0.15) is 0 Å². The number of ether oxygens (including phenoxy) is 1. The molecule has 0 aliphatic carbocycles. The Morgan fingerprint density at radius 3 is 2.28 bits per heavy atom. The molecule has 0 radical (unpaired) electrons. The first-order chi connectivity index (χ1) is 15.0. The third-order valence-corrected chi connectivity index (χ3v) is 8.49. The van der Waals surface area contributed by atoms with Crippen LogP contribution in [-0.4, -0.2) is 69.0 Å². The summed E-state index contributed by atoms with van der Waals surface area (Å²) in [6.45, 7) is 12.9. The second-order valence-electron chi connectivity index (χ2n) is 10.1. The van der Waals surface area contributed by atoms with Gasteiger partial charge in [-0.3, -0.25) is 0 Å². The number of piperidine rings is 1. The number of amides is 2. The van der Waals surface area contributed by atoms with Crippen LogP contribution < -0.4 is 14.9 Å². The molecule has 1 atom stereocenters. The van der Waals surface area contributed by atoms with Crippen LogP contribution in [0.25, 0.3) is 0 Å². The van der Waals surface area contributed by atoms with Crippen LogP contribution in [0.5, 0.6) is 0 Å². The Bertz CT molecular complexity index is 872. The quantitative estimate of drug-likeness (QED) is 0.695. The van der Waals surface area contributed by atoms with Crippen molar-refractivity contribution in [3.05, 3.63) is 24.3 Å². The second kappa shape index (κ2) is 9.97. The van der Waals surface area contributed by atoms with E-state index in [2.05, 4.69) is 28.8 Å². The molecule has 2 heterocycles. The molecule has 2 fully saturated rings. The van der Waals surface area contributed by atoms with E-state index in [4.69, 9.17) is 4.74 Å². The predicted molar refractivity (Wildman–Crippen MR) is 129 cm³/mol. The minimum atomic E-state index is -3.39. The third-order valence-electron chi connectivity index (χ3n) is 6.23. The number of carbonyl (C=O) groups is 1. The predicted octanol–water partition coefficient (Wildman–Crippen LogP) is 3.26. The highest BCUT2D eigenvalue weighted by Crippen LogP contribution is 2.23. The lowest BCUT2D eigenvalue weighted by molar-refractivity contribution is 0.0114. The lowest BCUT2D eigenvalue weighted by Crippen LogP contribution is -2.50. The van der Waals surface area contributed by atoms with Crippen molar-refractivity contribution in [3.8, 4) is 0 Å². The number of morpholine rings is 1. The molecular weight excluding hydrogens is 428 g/mol. The molecule has 0 bridgehead atoms. The van der Waals surface area contributed by atoms with Gasteiger partial charge in [0, 0.05) is 43.6 Å². The van der Waals surface area contributed by atoms with Crippen LogP contribution in [0.1, 0.15) is 47.5 Å². The van der Waals surface area contributed by atoms with Gasteiger partial charge < -0.3 is 19.9 Å². The molecule has 1 unspecified atom stereocenters. The Morgan fingerprint density at radius 2 is 1.72 bits per heavy atom. The minimum Gasteiger partial charge on any atom is -0.374 e. The van der Waals surface area contributed by atoms with Gasteiger partial charge in [-0.25, -0.2) is 17.9 Å². The van der Waals surface area contributed by atoms with Crippen molar-refractivity contribution in [2.75, 3.05) is 43.0 Å². The number of likely N-dealkylation sites (tertiary alicyclic amines) is 1. The summed E-state index contributed by atoms with van der Waals surface area (Å²) in [4.78, 5) is 16.7. The van der Waals surface area contributed by atoms with Crippen molar-refractivity contribution < 1.29 is 17.9 Å². The van der Waals surface area contributed by atoms with Crippen LogP contribution in [0.3, 0.4) is 0 Å². The van der Waals surface area contributed by atoms with Gasteiger partial charge >= 0.3 is 6.03 Å². The average molecular weight is 467 g/mol. The average Bonchev–Trinajstić information content (AvgIpc) is 2.74. The van der Waals surface area contributed by atoms with Crippen molar-refractivity contribution in [1.29, 1.82) is 0 Å². The number of hydrogen-bond acceptors (Lipinski definition) is 5. The largest absolute Gasteiger partial charge is 0.374 e. The summed E-state index contributed by atoms with van der Waals surface area (Å²) in [5.74, 6) is 0.476. The molecule has 2 N–H and O–H groups in total. The SMILES string of the molecule is CC(C)C1CN(c2ccc(NC(=O)N3CCC(NS(=O)(=O)C(C)(C)C)CC3)cc2)CCO1. The van der Waals surface area contributed by atoms with Gasteiger partial charge in [0.2, 0.25) is 10.0 Å². The van der Waals surface area contributed by atoms with E-state index in [1.807, 2.05) is 24.3 Å². The first kappa shape index (κ1) is 24.8. The van der Waals surface area contributed by atoms with Crippen molar-refractivity contribution in [1.82, 2.24) is 9.62 Å². The van der Waals surface area contributed by atoms with Gasteiger partial charge in [-0.05, 0) is 63.8 Å². The molecule has 2 aliphatic rings. The second-order valence-corrected chi connectivity index (χ2v) is 12.5. The highest BCUT2D eigenvalue weighted by atomic mass is 32.2. The van der Waals surface area contributed by atoms with E-state index in [1.165, 1.54) is 0 Å². The summed E-state index contributed by atoms with van der Waals surface area (Å²) < 4.78 is 32.5. The normalized spacial score (nSPS) is 21.1. The Morgan fingerprint density at radius 1 is 1.09 bits per heavy atom. The number of urea groups is 1. The fourth-order valence-electron chi connectivity index (χ4n) is 3.87. The summed E-state index contributed by atoms with van der Waals surface area (Å²) in [7, 11) is -3.39. The molecule has 0 spiro atoms. The zero-order valence-corrected chi connectivity index (χ0v) is 20.7. The van der Waals surface area contributed by atoms with Gasteiger partial charge in [0.15, 0.2) is 0 Å². The molecule has 2 amide bonds. The highest BCUT2D eigenvalue weighted by molar-refractivity contribution is 7.90. The van der Waals surface area contributed by atoms with Gasteiger partial charge in [0.25, 0.3) is 0 Å². The molecule has 1 aromatic carbocycles. The standard InChI is InChI=1S/C23H38N4O4S/c1-17(2)21-16-27(14-15-31-21)20-8-6-18(7-9-20)24-22(28)26-12-10-19(11-13-26)25-32(29,30)23(3,4)5/h6-9,17,19,21,25H,10-16H2,1-5H3,(H,24,28). The number of benzene rings is 1. The monoisotopic (exact) mass is 466 g/mol. The summed E-state index contributed by atoms with van der Waals surface area (Å²) in [5.41, 5.74) is 1.88. The fraction of sp³-hybridized carbons (Fsp3) is 0.696. The number of sulfonamides is 1. The molecule has 32 heavy (non-hydrogen) atoms. The molecule has 0 aromatic heterocycles. The zero-order valence-electron chi connectivity index (χ0n) is 19.9. The van der Waals surface area contributed by atoms with Crippen molar-refractivity contribution in [2.45, 2.75) is 64.4 Å². The van der Waals surface area contributed by atoms with E-state index in [0.717, 1.165) is 31.1 Å². The number of carbonyl (C=O) groups excluding carboxylic acids is 1. The number of nitrogens with one attached hydrogen (secondary N) is 2. The van der Waals surface area contributed by atoms with Crippen LogP contribution in [-0.2, 0) is 14.8 Å². The van der Waals surface area contributed by atoms with E-state index in [1.54, 1.807) is 25.7 Å². The van der Waals surface area contributed by atoms with Crippen LogP contribution in [0.4, 0.5) is 16.2 Å². The zero-order chi connectivity index (χ0) is 23.5. The maximum Gasteiger partial charge on any atom is 0.321 e. The molecule has 1 aromatic rings. The molecule has 2 saturated heterocycles. The van der Waals surface area contributed by atoms with Gasteiger partial charge in [0.05, 0.1) is 17.5 Å². The summed E-state index contributed by atoms with van der Waals surface area (Å²) in [6.07, 6.45) is 1.45. The third kappa shape index (κ3) is 6.14. The first-order valence-electron chi connectivity index (χ1n) is 11.5. The number of rotatable bonds is 5. The van der Waals surface area contributed by atoms with Crippen LogP contribution in [0.2, 0.25) is 0 Å². The van der Waals surface area contributed by atoms with E-state index < -0.39 is 14.8 Å². The van der Waals surface area contributed by atoms with E-state index in [-0.39, 0.29) is 18.2 Å². The maximum atomic E-state index is 12.7. The van der Waals surface area contributed by atoms with Gasteiger partial charge in [-0.2, -0.15) is 0 Å². The van der Waals surface area contributed by atoms with E-state index in [0.29, 0.717) is 31.8 Å². The number of anilines is 2. The van der Waals surface area contributed by atoms with Gasteiger partial charge in [-0.15, -0.1) is 0 Å². The Balaban J connectivity index is 1.49. The molecule has 8 nitrogen and oxygen atoms in total. The molecule has 180 valence electrons. The Labute approximate surface area is 192 Å². The van der Waals surface area contributed by atoms with Crippen molar-refractivity contribution in [3.63, 3.8) is 0 Å². The Hall–Kier alpha value is -1.84. The maximum absolute atomic E-state index is 12.7. The highest BCUT2D eigenvalue weighted by Gasteiger charge is 2.33. The van der Waals surface area contributed by atoms with Gasteiger partial charge in [-0.1, -0.05) is 13.8 Å². The van der Waals surface area contributed by atoms with E-state index >= 15 is 0 Å². The smallest absolute Gasteiger partial charge is 0.321 e. The number of hydrogen-bond donors (Lipinski definition) is 2. The van der Waals surface area contributed by atoms with Crippen molar-refractivity contribution in [2.24, 2.45) is 5.92 Å². The van der Waals surface area contributed by atoms with Crippen LogP contribution in [0, 0.1) is 5.92 Å². The molecule has 9 heteroatoms. The fourth-order valence-corrected chi connectivity index (χ4v) is 4.90. The van der Waals surface area contributed by atoms with Crippen LogP contribution >= 0.6 is 0 Å². The first-order valence-corrected chi connectivity index (χ1v) is 13.0. The van der Waals surface area contributed by atoms with Crippen molar-refractivity contribution >= 4 is 27.4 Å². The molecular formula is C23H38N4O4S. The topological polar surface area (TPSA) is 91.0 Å². The Kier molecular flexibility index (Phi) is 7.73.